The summed E-state index contributed by atoms with van der Waals surface area (Å²) in [4.78, 5) is 32.6. The zero-order chi connectivity index (χ0) is 28.5. The third-order valence-electron chi connectivity index (χ3n) is 5.89. The van der Waals surface area contributed by atoms with Crippen molar-refractivity contribution in [1.29, 1.82) is 5.41 Å². The maximum atomic E-state index is 13.5. The molecule has 5 N–H and O–H groups in total. The molecule has 1 aromatic heterocycles. The number of benzene rings is 3. The third-order valence-corrected chi connectivity index (χ3v) is 6.15. The van der Waals surface area contributed by atoms with E-state index in [1.54, 1.807) is 36.4 Å². The lowest BCUT2D eigenvalue weighted by Crippen LogP contribution is -2.34. The molecule has 4 aromatic rings. The first kappa shape index (κ1) is 28.2. The van der Waals surface area contributed by atoms with E-state index in [1.807, 2.05) is 30.3 Å². The standard InChI is InChI=1S/C29H26ClFN6O3/c30-21-10-6-18(7-11-21)17-40-29-36-15-24(28(39)35-16-25(32)38)27(37-29)34-14-23(19-4-2-1-3-5-19)26(33)20-8-12-22(31)13-9-20/h1-13,15,23,33H,14,16-17H2,(H2,32,38)(H,35,39)(H,34,36,37). The van der Waals surface area contributed by atoms with Gasteiger partial charge in [-0.25, -0.2) is 9.37 Å². The Morgan fingerprint density at radius 2 is 1.73 bits per heavy atom. The second kappa shape index (κ2) is 13.3. The summed E-state index contributed by atoms with van der Waals surface area (Å²) >= 11 is 5.94. The van der Waals surface area contributed by atoms with E-state index in [2.05, 4.69) is 20.6 Å². The fourth-order valence-corrected chi connectivity index (χ4v) is 3.95. The molecule has 0 aliphatic carbocycles. The largest absolute Gasteiger partial charge is 0.459 e. The summed E-state index contributed by atoms with van der Waals surface area (Å²) in [6.45, 7) is -0.0510. The van der Waals surface area contributed by atoms with Crippen molar-refractivity contribution in [3.63, 3.8) is 0 Å². The van der Waals surface area contributed by atoms with Gasteiger partial charge in [0.25, 0.3) is 5.91 Å². The highest BCUT2D eigenvalue weighted by molar-refractivity contribution is 6.30. The maximum absolute atomic E-state index is 13.5. The second-order valence-electron chi connectivity index (χ2n) is 8.74. The Morgan fingerprint density at radius 3 is 2.40 bits per heavy atom. The molecule has 1 atom stereocenters. The Kier molecular flexibility index (Phi) is 9.37. The smallest absolute Gasteiger partial charge is 0.318 e. The number of anilines is 1. The minimum absolute atomic E-state index is 0.00812. The molecule has 204 valence electrons. The van der Waals surface area contributed by atoms with Crippen molar-refractivity contribution in [2.75, 3.05) is 18.4 Å². The van der Waals surface area contributed by atoms with Gasteiger partial charge in [0.05, 0.1) is 6.54 Å². The van der Waals surface area contributed by atoms with Crippen molar-refractivity contribution >= 4 is 34.9 Å². The summed E-state index contributed by atoms with van der Waals surface area (Å²) in [5.74, 6) is -2.07. The molecule has 11 heteroatoms. The molecule has 0 aliphatic rings. The van der Waals surface area contributed by atoms with Gasteiger partial charge in [-0.3, -0.25) is 9.59 Å². The van der Waals surface area contributed by atoms with E-state index in [0.717, 1.165) is 11.1 Å². The van der Waals surface area contributed by atoms with Crippen LogP contribution < -0.4 is 21.1 Å². The van der Waals surface area contributed by atoms with Crippen molar-refractivity contribution in [2.24, 2.45) is 5.73 Å². The Morgan fingerprint density at radius 1 is 1.02 bits per heavy atom. The van der Waals surface area contributed by atoms with Crippen LogP contribution in [0.15, 0.2) is 85.1 Å². The molecule has 0 radical (unpaired) electrons. The average molecular weight is 561 g/mol. The SMILES string of the molecule is N=C(c1ccc(F)cc1)C(CNc1nc(OCc2ccc(Cl)cc2)ncc1C(=O)NCC(N)=O)c1ccccc1. The number of nitrogens with zero attached hydrogens (tertiary/aromatic N) is 2. The number of nitrogens with one attached hydrogen (secondary N) is 3. The lowest BCUT2D eigenvalue weighted by molar-refractivity contribution is -0.117. The molecule has 40 heavy (non-hydrogen) atoms. The van der Waals surface area contributed by atoms with Crippen LogP contribution in [-0.2, 0) is 11.4 Å². The van der Waals surface area contributed by atoms with E-state index >= 15 is 0 Å². The summed E-state index contributed by atoms with van der Waals surface area (Å²) in [5.41, 5.74) is 7.68. The summed E-state index contributed by atoms with van der Waals surface area (Å²) in [5, 5.41) is 15.0. The molecule has 2 amide bonds. The van der Waals surface area contributed by atoms with Gasteiger partial charge in [-0.1, -0.05) is 66.2 Å². The summed E-state index contributed by atoms with van der Waals surface area (Å²) in [6.07, 6.45) is 1.28. The van der Waals surface area contributed by atoms with Crippen molar-refractivity contribution in [3.8, 4) is 6.01 Å². The van der Waals surface area contributed by atoms with Gasteiger partial charge in [-0.05, 0) is 41.0 Å². The van der Waals surface area contributed by atoms with Crippen LogP contribution >= 0.6 is 11.6 Å². The molecule has 1 heterocycles. The van der Waals surface area contributed by atoms with Crippen LogP contribution in [-0.4, -0.2) is 40.6 Å². The maximum Gasteiger partial charge on any atom is 0.318 e. The zero-order valence-electron chi connectivity index (χ0n) is 21.2. The fraction of sp³-hybridized carbons (Fsp3) is 0.138. The number of primary amides is 1. The van der Waals surface area contributed by atoms with Crippen LogP contribution in [0.2, 0.25) is 5.02 Å². The normalized spacial score (nSPS) is 11.3. The van der Waals surface area contributed by atoms with Gasteiger partial charge in [0.1, 0.15) is 23.8 Å². The Balaban J connectivity index is 1.60. The van der Waals surface area contributed by atoms with E-state index in [9.17, 15) is 14.0 Å². The Labute approximate surface area is 235 Å². The molecule has 4 rings (SSSR count). The fourth-order valence-electron chi connectivity index (χ4n) is 3.83. The minimum Gasteiger partial charge on any atom is -0.459 e. The molecule has 1 unspecified atom stereocenters. The summed E-state index contributed by atoms with van der Waals surface area (Å²) in [7, 11) is 0. The van der Waals surface area contributed by atoms with Crippen LogP contribution in [0, 0.1) is 11.2 Å². The van der Waals surface area contributed by atoms with Gasteiger partial charge >= 0.3 is 6.01 Å². The predicted octanol–water partition coefficient (Wildman–Crippen LogP) is 4.33. The van der Waals surface area contributed by atoms with Crippen LogP contribution in [0.4, 0.5) is 10.2 Å². The molecule has 0 fully saturated rings. The molecule has 0 saturated heterocycles. The third kappa shape index (κ3) is 7.61. The van der Waals surface area contributed by atoms with Gasteiger partial charge in [0.2, 0.25) is 5.91 Å². The van der Waals surface area contributed by atoms with E-state index in [-0.39, 0.29) is 42.8 Å². The van der Waals surface area contributed by atoms with E-state index < -0.39 is 23.5 Å². The number of ether oxygens (including phenoxy) is 1. The number of carbonyl (C=O) groups excluding carboxylic acids is 2. The molecular formula is C29H26ClFN6O3. The first-order valence-corrected chi connectivity index (χ1v) is 12.6. The van der Waals surface area contributed by atoms with Gasteiger partial charge in [0.15, 0.2) is 0 Å². The summed E-state index contributed by atoms with van der Waals surface area (Å²) < 4.78 is 19.3. The highest BCUT2D eigenvalue weighted by atomic mass is 35.5. The quantitative estimate of drug-likeness (QED) is 0.190. The second-order valence-corrected chi connectivity index (χ2v) is 9.18. The lowest BCUT2D eigenvalue weighted by Gasteiger charge is -2.21. The lowest BCUT2D eigenvalue weighted by atomic mass is 9.89. The number of carbonyl (C=O) groups is 2. The topological polar surface area (TPSA) is 143 Å². The van der Waals surface area contributed by atoms with Gasteiger partial charge in [-0.2, -0.15) is 4.98 Å². The average Bonchev–Trinajstić information content (AvgIpc) is 2.96. The minimum atomic E-state index is -0.705. The van der Waals surface area contributed by atoms with Gasteiger partial charge < -0.3 is 26.5 Å². The number of hydrogen-bond donors (Lipinski definition) is 4. The van der Waals surface area contributed by atoms with Gasteiger partial charge in [0, 0.05) is 29.4 Å². The van der Waals surface area contributed by atoms with Crippen molar-refractivity contribution in [2.45, 2.75) is 12.5 Å². The number of halogens is 2. The van der Waals surface area contributed by atoms with Crippen LogP contribution in [0.1, 0.15) is 33.0 Å². The monoisotopic (exact) mass is 560 g/mol. The molecule has 0 spiro atoms. The molecule has 3 aromatic carbocycles. The van der Waals surface area contributed by atoms with Crippen LogP contribution in [0.25, 0.3) is 0 Å². The molecule has 0 aliphatic heterocycles. The number of amides is 2. The first-order valence-electron chi connectivity index (χ1n) is 12.2. The summed E-state index contributed by atoms with van der Waals surface area (Å²) in [6, 6.07) is 22.1. The highest BCUT2D eigenvalue weighted by Crippen LogP contribution is 2.24. The molecule has 0 bridgehead atoms. The van der Waals surface area contributed by atoms with E-state index in [4.69, 9.17) is 27.5 Å². The molecule has 9 nitrogen and oxygen atoms in total. The van der Waals surface area contributed by atoms with Crippen LogP contribution in [0.5, 0.6) is 6.01 Å². The van der Waals surface area contributed by atoms with Crippen LogP contribution in [0.3, 0.4) is 0 Å². The molecular weight excluding hydrogens is 535 g/mol. The van der Waals surface area contributed by atoms with E-state index in [0.29, 0.717) is 10.6 Å². The predicted molar refractivity (Wildman–Crippen MR) is 150 cm³/mol. The van der Waals surface area contributed by atoms with Crippen molar-refractivity contribution in [3.05, 3.63) is 118 Å². The Hall–Kier alpha value is -4.83. The van der Waals surface area contributed by atoms with Crippen molar-refractivity contribution in [1.82, 2.24) is 15.3 Å². The highest BCUT2D eigenvalue weighted by Gasteiger charge is 2.22. The number of hydrogen-bond acceptors (Lipinski definition) is 7. The number of rotatable bonds is 12. The number of aromatic nitrogens is 2. The zero-order valence-corrected chi connectivity index (χ0v) is 22.0. The number of nitrogens with two attached hydrogens (primary N) is 1. The first-order chi connectivity index (χ1) is 19.3. The van der Waals surface area contributed by atoms with Gasteiger partial charge in [-0.15, -0.1) is 0 Å². The van der Waals surface area contributed by atoms with Crippen molar-refractivity contribution < 1.29 is 18.7 Å². The molecule has 0 saturated carbocycles. The Bertz CT molecular complexity index is 1480. The van der Waals surface area contributed by atoms with E-state index in [1.165, 1.54) is 18.3 Å².